The zero-order valence-corrected chi connectivity index (χ0v) is 12.7. The van der Waals surface area contributed by atoms with E-state index < -0.39 is 0 Å². The summed E-state index contributed by atoms with van der Waals surface area (Å²) in [6.07, 6.45) is 0. The van der Waals surface area contributed by atoms with Gasteiger partial charge in [-0.25, -0.2) is 0 Å². The number of carbonyl (C=O) groups is 1. The molecular weight excluding hydrogens is 270 g/mol. The summed E-state index contributed by atoms with van der Waals surface area (Å²) >= 11 is 5.82. The van der Waals surface area contributed by atoms with Crippen LogP contribution in [-0.2, 0) is 0 Å². The van der Waals surface area contributed by atoms with E-state index in [2.05, 4.69) is 37.4 Å². The molecule has 2 aromatic rings. The summed E-state index contributed by atoms with van der Waals surface area (Å²) in [5.74, 6) is -0.0888. The van der Waals surface area contributed by atoms with Crippen molar-refractivity contribution in [1.82, 2.24) is 5.32 Å². The number of hydrogen-bond donors (Lipinski definition) is 1. The van der Waals surface area contributed by atoms with Gasteiger partial charge in [0.2, 0.25) is 0 Å². The molecule has 0 aliphatic heterocycles. The summed E-state index contributed by atoms with van der Waals surface area (Å²) < 4.78 is 0. The average Bonchev–Trinajstić information content (AvgIpc) is 2.39. The Morgan fingerprint density at radius 1 is 1.10 bits per heavy atom. The zero-order chi connectivity index (χ0) is 14.7. The van der Waals surface area contributed by atoms with Crippen LogP contribution in [0.15, 0.2) is 42.5 Å². The number of amides is 1. The lowest BCUT2D eigenvalue weighted by atomic mass is 10.00. The molecule has 0 aromatic heterocycles. The second-order valence-electron chi connectivity index (χ2n) is 5.06. The van der Waals surface area contributed by atoms with Crippen molar-refractivity contribution in [3.8, 4) is 0 Å². The van der Waals surface area contributed by atoms with Gasteiger partial charge in [-0.05, 0) is 56.2 Å². The quantitative estimate of drug-likeness (QED) is 0.888. The Balaban J connectivity index is 2.12. The first-order valence-corrected chi connectivity index (χ1v) is 6.99. The van der Waals surface area contributed by atoms with E-state index in [1.165, 1.54) is 11.1 Å². The molecule has 1 N–H and O–H groups in total. The SMILES string of the molecule is Cc1ccc([C@H](C)NC(=O)c2ccc(Cl)cc2)c(C)c1. The van der Waals surface area contributed by atoms with Gasteiger partial charge in [0.05, 0.1) is 6.04 Å². The number of benzene rings is 2. The summed E-state index contributed by atoms with van der Waals surface area (Å²) in [5, 5.41) is 3.64. The predicted octanol–water partition coefficient (Wildman–Crippen LogP) is 4.45. The van der Waals surface area contributed by atoms with Crippen molar-refractivity contribution in [2.45, 2.75) is 26.8 Å². The molecule has 2 rings (SSSR count). The lowest BCUT2D eigenvalue weighted by molar-refractivity contribution is 0.0940. The maximum atomic E-state index is 12.2. The monoisotopic (exact) mass is 287 g/mol. The molecule has 2 nitrogen and oxygen atoms in total. The molecule has 1 amide bonds. The summed E-state index contributed by atoms with van der Waals surface area (Å²) in [6.45, 7) is 6.12. The Bertz CT molecular complexity index is 619. The van der Waals surface area contributed by atoms with Gasteiger partial charge < -0.3 is 5.32 Å². The van der Waals surface area contributed by atoms with Gasteiger partial charge in [0, 0.05) is 10.6 Å². The first-order valence-electron chi connectivity index (χ1n) is 6.61. The van der Waals surface area contributed by atoms with Crippen LogP contribution < -0.4 is 5.32 Å². The third-order valence-corrected chi connectivity index (χ3v) is 3.60. The minimum Gasteiger partial charge on any atom is -0.346 e. The minimum atomic E-state index is -0.0888. The van der Waals surface area contributed by atoms with Crippen molar-refractivity contribution in [2.24, 2.45) is 0 Å². The Morgan fingerprint density at radius 2 is 1.75 bits per heavy atom. The van der Waals surface area contributed by atoms with Gasteiger partial charge >= 0.3 is 0 Å². The van der Waals surface area contributed by atoms with Crippen molar-refractivity contribution in [1.29, 1.82) is 0 Å². The molecule has 0 bridgehead atoms. The van der Waals surface area contributed by atoms with Crippen molar-refractivity contribution >= 4 is 17.5 Å². The maximum Gasteiger partial charge on any atom is 0.251 e. The Morgan fingerprint density at radius 3 is 2.35 bits per heavy atom. The van der Waals surface area contributed by atoms with Gasteiger partial charge in [-0.2, -0.15) is 0 Å². The fourth-order valence-corrected chi connectivity index (χ4v) is 2.40. The van der Waals surface area contributed by atoms with E-state index >= 15 is 0 Å². The van der Waals surface area contributed by atoms with Crippen LogP contribution in [-0.4, -0.2) is 5.91 Å². The van der Waals surface area contributed by atoms with Gasteiger partial charge in [-0.3, -0.25) is 4.79 Å². The number of rotatable bonds is 3. The smallest absolute Gasteiger partial charge is 0.251 e. The molecule has 104 valence electrons. The Hall–Kier alpha value is -1.80. The molecular formula is C17H18ClNO. The Labute approximate surface area is 124 Å². The fraction of sp³-hybridized carbons (Fsp3) is 0.235. The first kappa shape index (κ1) is 14.6. The van der Waals surface area contributed by atoms with E-state index in [1.54, 1.807) is 24.3 Å². The standard InChI is InChI=1S/C17H18ClNO/c1-11-4-9-16(12(2)10-11)13(3)19-17(20)14-5-7-15(18)8-6-14/h4-10,13H,1-3H3,(H,19,20)/t13-/m0/s1. The van der Waals surface area contributed by atoms with Gasteiger partial charge in [0.1, 0.15) is 0 Å². The fourth-order valence-electron chi connectivity index (χ4n) is 2.27. The topological polar surface area (TPSA) is 29.1 Å². The molecule has 2 aromatic carbocycles. The van der Waals surface area contributed by atoms with Crippen LogP contribution in [0.2, 0.25) is 5.02 Å². The number of hydrogen-bond acceptors (Lipinski definition) is 1. The molecule has 0 heterocycles. The van der Waals surface area contributed by atoms with Crippen LogP contribution in [0.1, 0.15) is 40.0 Å². The summed E-state index contributed by atoms with van der Waals surface area (Å²) in [4.78, 5) is 12.2. The third kappa shape index (κ3) is 3.40. The van der Waals surface area contributed by atoms with E-state index in [4.69, 9.17) is 11.6 Å². The van der Waals surface area contributed by atoms with E-state index in [1.807, 2.05) is 6.92 Å². The molecule has 1 atom stereocenters. The Kier molecular flexibility index (Phi) is 4.46. The molecule has 0 unspecified atom stereocenters. The lowest BCUT2D eigenvalue weighted by Crippen LogP contribution is -2.27. The van der Waals surface area contributed by atoms with E-state index in [0.29, 0.717) is 10.6 Å². The zero-order valence-electron chi connectivity index (χ0n) is 11.9. The maximum absolute atomic E-state index is 12.2. The number of nitrogens with one attached hydrogen (secondary N) is 1. The largest absolute Gasteiger partial charge is 0.346 e. The normalized spacial score (nSPS) is 12.0. The minimum absolute atomic E-state index is 0.0289. The summed E-state index contributed by atoms with van der Waals surface area (Å²) in [6, 6.07) is 13.1. The van der Waals surface area contributed by atoms with Crippen LogP contribution in [0.25, 0.3) is 0 Å². The molecule has 0 saturated carbocycles. The molecule has 0 aliphatic rings. The molecule has 0 spiro atoms. The van der Waals surface area contributed by atoms with E-state index in [9.17, 15) is 4.79 Å². The van der Waals surface area contributed by atoms with Gasteiger partial charge in [-0.15, -0.1) is 0 Å². The van der Waals surface area contributed by atoms with Crippen LogP contribution in [0.4, 0.5) is 0 Å². The van der Waals surface area contributed by atoms with E-state index in [0.717, 1.165) is 5.56 Å². The van der Waals surface area contributed by atoms with Crippen LogP contribution in [0, 0.1) is 13.8 Å². The molecule has 3 heteroatoms. The molecule has 0 fully saturated rings. The van der Waals surface area contributed by atoms with E-state index in [-0.39, 0.29) is 11.9 Å². The highest BCUT2D eigenvalue weighted by Crippen LogP contribution is 2.19. The van der Waals surface area contributed by atoms with Crippen molar-refractivity contribution in [3.05, 3.63) is 69.7 Å². The average molecular weight is 288 g/mol. The van der Waals surface area contributed by atoms with Gasteiger partial charge in [0.25, 0.3) is 5.91 Å². The summed E-state index contributed by atoms with van der Waals surface area (Å²) in [7, 11) is 0. The van der Waals surface area contributed by atoms with Crippen LogP contribution in [0.3, 0.4) is 0 Å². The number of aryl methyl sites for hydroxylation is 2. The predicted molar refractivity (Wildman–Crippen MR) is 83.2 cm³/mol. The van der Waals surface area contributed by atoms with Gasteiger partial charge in [0.15, 0.2) is 0 Å². The first-order chi connectivity index (χ1) is 9.47. The highest BCUT2D eigenvalue weighted by Gasteiger charge is 2.13. The van der Waals surface area contributed by atoms with Crippen molar-refractivity contribution in [2.75, 3.05) is 0 Å². The second-order valence-corrected chi connectivity index (χ2v) is 5.50. The van der Waals surface area contributed by atoms with Crippen molar-refractivity contribution in [3.63, 3.8) is 0 Å². The number of halogens is 1. The van der Waals surface area contributed by atoms with Crippen LogP contribution >= 0.6 is 11.6 Å². The van der Waals surface area contributed by atoms with Crippen molar-refractivity contribution < 1.29 is 4.79 Å². The molecule has 0 aliphatic carbocycles. The third-order valence-electron chi connectivity index (χ3n) is 3.35. The summed E-state index contributed by atoms with van der Waals surface area (Å²) in [5.41, 5.74) is 4.17. The molecule has 0 radical (unpaired) electrons. The number of carbonyl (C=O) groups excluding carboxylic acids is 1. The molecule has 20 heavy (non-hydrogen) atoms. The highest BCUT2D eigenvalue weighted by atomic mass is 35.5. The lowest BCUT2D eigenvalue weighted by Gasteiger charge is -2.17. The molecule has 0 saturated heterocycles. The van der Waals surface area contributed by atoms with Crippen LogP contribution in [0.5, 0.6) is 0 Å². The second kappa shape index (κ2) is 6.10. The highest BCUT2D eigenvalue weighted by molar-refractivity contribution is 6.30. The van der Waals surface area contributed by atoms with Gasteiger partial charge in [-0.1, -0.05) is 35.4 Å².